The third kappa shape index (κ3) is 4.40. The zero-order valence-corrected chi connectivity index (χ0v) is 11.6. The van der Waals surface area contributed by atoms with Crippen LogP contribution in [-0.4, -0.2) is 37.8 Å². The Morgan fingerprint density at radius 2 is 2.33 bits per heavy atom. The number of nitrogens with zero attached hydrogens (tertiary/aromatic N) is 4. The van der Waals surface area contributed by atoms with Gasteiger partial charge in [-0.1, -0.05) is 17.9 Å². The number of rotatable bonds is 4. The number of carbonyl (C=O) groups excluding carboxylic acids is 1. The van der Waals surface area contributed by atoms with E-state index in [1.165, 1.54) is 11.0 Å². The molecule has 2 rings (SSSR count). The number of nitrogens with one attached hydrogen (secondary N) is 1. The number of tetrazole rings is 1. The molecule has 21 heavy (non-hydrogen) atoms. The summed E-state index contributed by atoms with van der Waals surface area (Å²) in [6.07, 6.45) is 1.77. The van der Waals surface area contributed by atoms with Crippen molar-refractivity contribution < 1.29 is 9.90 Å². The summed E-state index contributed by atoms with van der Waals surface area (Å²) >= 11 is 0. The SMILES string of the molecule is Cc1ccc(NC(=O)Cn2cnnn2)c(C#CCCO)c1. The number of amides is 1. The minimum Gasteiger partial charge on any atom is -0.395 e. The minimum atomic E-state index is -0.239. The first-order chi connectivity index (χ1) is 10.2. The molecule has 0 bridgehead atoms. The van der Waals surface area contributed by atoms with Crippen molar-refractivity contribution in [2.75, 3.05) is 11.9 Å². The van der Waals surface area contributed by atoms with Crippen LogP contribution in [0.1, 0.15) is 17.5 Å². The van der Waals surface area contributed by atoms with E-state index in [-0.39, 0.29) is 19.1 Å². The molecule has 0 radical (unpaired) electrons. The van der Waals surface area contributed by atoms with Crippen LogP contribution in [0, 0.1) is 18.8 Å². The van der Waals surface area contributed by atoms with Crippen molar-refractivity contribution in [2.45, 2.75) is 19.9 Å². The smallest absolute Gasteiger partial charge is 0.246 e. The molecule has 1 aromatic heterocycles. The Labute approximate surface area is 122 Å². The van der Waals surface area contributed by atoms with Crippen molar-refractivity contribution in [2.24, 2.45) is 0 Å². The van der Waals surface area contributed by atoms with Crippen molar-refractivity contribution in [3.05, 3.63) is 35.7 Å². The molecule has 108 valence electrons. The maximum absolute atomic E-state index is 11.9. The van der Waals surface area contributed by atoms with Crippen LogP contribution in [0.5, 0.6) is 0 Å². The monoisotopic (exact) mass is 285 g/mol. The van der Waals surface area contributed by atoms with E-state index in [0.29, 0.717) is 17.7 Å². The number of hydrogen-bond acceptors (Lipinski definition) is 5. The van der Waals surface area contributed by atoms with Gasteiger partial charge in [0.2, 0.25) is 5.91 Å². The van der Waals surface area contributed by atoms with Crippen LogP contribution in [0.4, 0.5) is 5.69 Å². The minimum absolute atomic E-state index is 0.0137. The average molecular weight is 285 g/mol. The van der Waals surface area contributed by atoms with Gasteiger partial charge in [-0.05, 0) is 35.0 Å². The summed E-state index contributed by atoms with van der Waals surface area (Å²) in [5.74, 6) is 5.56. The van der Waals surface area contributed by atoms with Crippen LogP contribution in [0.15, 0.2) is 24.5 Å². The lowest BCUT2D eigenvalue weighted by Gasteiger charge is -2.08. The van der Waals surface area contributed by atoms with Crippen molar-refractivity contribution in [3.8, 4) is 11.8 Å². The first-order valence-electron chi connectivity index (χ1n) is 6.40. The van der Waals surface area contributed by atoms with Crippen LogP contribution < -0.4 is 5.32 Å². The molecule has 0 spiro atoms. The lowest BCUT2D eigenvalue weighted by molar-refractivity contribution is -0.116. The standard InChI is InChI=1S/C14H15N5O2/c1-11-5-6-13(12(8-11)4-2-3-7-20)16-14(21)9-19-10-15-17-18-19/h5-6,8,10,20H,3,7,9H2,1H3,(H,16,21). The first-order valence-corrected chi connectivity index (χ1v) is 6.40. The van der Waals surface area contributed by atoms with E-state index >= 15 is 0 Å². The molecular formula is C14H15N5O2. The predicted octanol–water partition coefficient (Wildman–Crippen LogP) is 0.354. The molecule has 1 amide bonds. The van der Waals surface area contributed by atoms with Gasteiger partial charge in [-0.2, -0.15) is 0 Å². The zero-order valence-electron chi connectivity index (χ0n) is 11.6. The fourth-order valence-electron chi connectivity index (χ4n) is 1.67. The van der Waals surface area contributed by atoms with Gasteiger partial charge >= 0.3 is 0 Å². The summed E-state index contributed by atoms with van der Waals surface area (Å²) in [4.78, 5) is 11.9. The second-order valence-electron chi connectivity index (χ2n) is 4.38. The van der Waals surface area contributed by atoms with E-state index in [4.69, 9.17) is 5.11 Å². The molecule has 1 aromatic carbocycles. The molecule has 0 atom stereocenters. The van der Waals surface area contributed by atoms with E-state index in [1.54, 1.807) is 6.07 Å². The average Bonchev–Trinajstić information content (AvgIpc) is 2.95. The molecule has 2 N–H and O–H groups in total. The van der Waals surface area contributed by atoms with Gasteiger partial charge in [-0.25, -0.2) is 4.68 Å². The Kier molecular flexibility index (Phi) is 5.01. The molecule has 7 nitrogen and oxygen atoms in total. The molecule has 2 aromatic rings. The Morgan fingerprint density at radius 3 is 3.05 bits per heavy atom. The van der Waals surface area contributed by atoms with Gasteiger partial charge in [0.1, 0.15) is 12.9 Å². The molecule has 0 aliphatic carbocycles. The molecule has 7 heteroatoms. The van der Waals surface area contributed by atoms with Gasteiger partial charge in [0.25, 0.3) is 0 Å². The van der Waals surface area contributed by atoms with Crippen molar-refractivity contribution in [1.29, 1.82) is 0 Å². The number of anilines is 1. The number of aliphatic hydroxyl groups excluding tert-OH is 1. The predicted molar refractivity (Wildman–Crippen MR) is 76.2 cm³/mol. The number of carbonyl (C=O) groups is 1. The van der Waals surface area contributed by atoms with Crippen molar-refractivity contribution >= 4 is 11.6 Å². The quantitative estimate of drug-likeness (QED) is 0.791. The van der Waals surface area contributed by atoms with Crippen LogP contribution in [0.2, 0.25) is 0 Å². The van der Waals surface area contributed by atoms with Gasteiger partial charge in [-0.15, -0.1) is 5.10 Å². The van der Waals surface area contributed by atoms with Crippen LogP contribution >= 0.6 is 0 Å². The summed E-state index contributed by atoms with van der Waals surface area (Å²) in [5.41, 5.74) is 2.39. The Hall–Kier alpha value is -2.72. The number of hydrogen-bond donors (Lipinski definition) is 2. The molecule has 0 saturated carbocycles. The van der Waals surface area contributed by atoms with Crippen molar-refractivity contribution in [3.63, 3.8) is 0 Å². The second kappa shape index (κ2) is 7.17. The summed E-state index contributed by atoms with van der Waals surface area (Å²) < 4.78 is 1.33. The van der Waals surface area contributed by atoms with Gasteiger partial charge in [0.05, 0.1) is 12.3 Å². The highest BCUT2D eigenvalue weighted by Gasteiger charge is 2.07. The third-order valence-corrected chi connectivity index (χ3v) is 2.61. The lowest BCUT2D eigenvalue weighted by atomic mass is 10.1. The zero-order chi connectivity index (χ0) is 15.1. The van der Waals surface area contributed by atoms with Crippen LogP contribution in [0.25, 0.3) is 0 Å². The Morgan fingerprint density at radius 1 is 1.48 bits per heavy atom. The molecular weight excluding hydrogens is 270 g/mol. The highest BCUT2D eigenvalue weighted by Crippen LogP contribution is 2.16. The van der Waals surface area contributed by atoms with E-state index < -0.39 is 0 Å². The maximum atomic E-state index is 11.9. The van der Waals surface area contributed by atoms with Gasteiger partial charge in [0, 0.05) is 12.0 Å². The second-order valence-corrected chi connectivity index (χ2v) is 4.38. The normalized spacial score (nSPS) is 9.81. The highest BCUT2D eigenvalue weighted by molar-refractivity contribution is 5.92. The topological polar surface area (TPSA) is 92.9 Å². The van der Waals surface area contributed by atoms with Gasteiger partial charge in [-0.3, -0.25) is 4.79 Å². The molecule has 0 saturated heterocycles. The summed E-state index contributed by atoms with van der Waals surface area (Å²) in [7, 11) is 0. The molecule has 0 aliphatic heterocycles. The van der Waals surface area contributed by atoms with Gasteiger partial charge < -0.3 is 10.4 Å². The van der Waals surface area contributed by atoms with Gasteiger partial charge in [0.15, 0.2) is 0 Å². The highest BCUT2D eigenvalue weighted by atomic mass is 16.2. The van der Waals surface area contributed by atoms with Crippen LogP contribution in [-0.2, 0) is 11.3 Å². The fourth-order valence-corrected chi connectivity index (χ4v) is 1.67. The number of aryl methyl sites for hydroxylation is 1. The van der Waals surface area contributed by atoms with Crippen molar-refractivity contribution in [1.82, 2.24) is 20.2 Å². The lowest BCUT2D eigenvalue weighted by Crippen LogP contribution is -2.19. The summed E-state index contributed by atoms with van der Waals surface area (Å²) in [6, 6.07) is 5.58. The molecule has 0 fully saturated rings. The van der Waals surface area contributed by atoms with E-state index in [0.717, 1.165) is 5.56 Å². The summed E-state index contributed by atoms with van der Waals surface area (Å²) in [6.45, 7) is 1.99. The number of benzene rings is 1. The van der Waals surface area contributed by atoms with Crippen LogP contribution in [0.3, 0.4) is 0 Å². The van der Waals surface area contributed by atoms with E-state index in [9.17, 15) is 4.79 Å². The Balaban J connectivity index is 2.12. The summed E-state index contributed by atoms with van der Waals surface area (Å²) in [5, 5.41) is 22.1. The molecule has 0 aliphatic rings. The number of aliphatic hydroxyl groups is 1. The largest absolute Gasteiger partial charge is 0.395 e. The molecule has 0 unspecified atom stereocenters. The first kappa shape index (κ1) is 14.7. The van der Waals surface area contributed by atoms with E-state index in [1.807, 2.05) is 19.1 Å². The Bertz CT molecular complexity index is 670. The third-order valence-electron chi connectivity index (χ3n) is 2.61. The maximum Gasteiger partial charge on any atom is 0.246 e. The van der Waals surface area contributed by atoms with E-state index in [2.05, 4.69) is 32.7 Å². The molecule has 1 heterocycles. The number of aromatic nitrogens is 4. The fraction of sp³-hybridized carbons (Fsp3) is 0.286.